The lowest BCUT2D eigenvalue weighted by molar-refractivity contribution is -1.01. The molecule has 2 heterocycles. The molecular weight excluding hydrogens is 422 g/mol. The van der Waals surface area contributed by atoms with Crippen molar-refractivity contribution < 1.29 is 20.0 Å². The van der Waals surface area contributed by atoms with Gasteiger partial charge in [0.2, 0.25) is 0 Å². The standard InChI is InChI=1S/C24H31N5O2S/c1-16(2)19-12-20(22(31)13-21(19)30)23-25-26-24(32)29(23)15-18-6-4-5-17(11-18)14-28-9-7-27(3)8-10-28/h4-6,11-13,16,30-31H,7-10,14-15H2,1-3H3,(H,26,32)/p+2. The SMILES string of the molecule is CC(C)c1cc(-c2n[nH]c(=S)n2Cc2cccc(C[NH+]3CC[NH+](C)CC3)c2)c(O)cc1O. The van der Waals surface area contributed by atoms with Gasteiger partial charge in [0.25, 0.3) is 0 Å². The average molecular weight is 456 g/mol. The Labute approximate surface area is 193 Å². The first-order chi connectivity index (χ1) is 15.3. The number of phenols is 2. The van der Waals surface area contributed by atoms with E-state index in [9.17, 15) is 10.2 Å². The second-order valence-corrected chi connectivity index (χ2v) is 9.61. The second kappa shape index (κ2) is 9.44. The number of quaternary nitrogens is 2. The van der Waals surface area contributed by atoms with Gasteiger partial charge in [0.1, 0.15) is 44.2 Å². The van der Waals surface area contributed by atoms with Crippen molar-refractivity contribution >= 4 is 12.2 Å². The van der Waals surface area contributed by atoms with Crippen LogP contribution in [0.5, 0.6) is 11.5 Å². The maximum atomic E-state index is 10.5. The molecule has 1 fully saturated rings. The second-order valence-electron chi connectivity index (χ2n) is 9.23. The first-order valence-corrected chi connectivity index (χ1v) is 11.7. The van der Waals surface area contributed by atoms with E-state index >= 15 is 0 Å². The van der Waals surface area contributed by atoms with Crippen LogP contribution >= 0.6 is 12.2 Å². The first-order valence-electron chi connectivity index (χ1n) is 11.3. The Bertz CT molecular complexity index is 1150. The topological polar surface area (TPSA) is 83.0 Å². The Kier molecular flexibility index (Phi) is 6.64. The summed E-state index contributed by atoms with van der Waals surface area (Å²) in [7, 11) is 2.26. The third-order valence-corrected chi connectivity index (χ3v) is 6.67. The van der Waals surface area contributed by atoms with Crippen LogP contribution in [0.1, 0.15) is 36.5 Å². The third-order valence-electron chi connectivity index (χ3n) is 6.36. The van der Waals surface area contributed by atoms with Gasteiger partial charge >= 0.3 is 0 Å². The number of H-pyrrole nitrogens is 1. The fourth-order valence-electron chi connectivity index (χ4n) is 4.42. The van der Waals surface area contributed by atoms with Gasteiger partial charge in [-0.05, 0) is 41.4 Å². The van der Waals surface area contributed by atoms with Gasteiger partial charge in [-0.2, -0.15) is 5.10 Å². The van der Waals surface area contributed by atoms with Gasteiger partial charge in [0.05, 0.1) is 19.2 Å². The minimum Gasteiger partial charge on any atom is -0.508 e. The summed E-state index contributed by atoms with van der Waals surface area (Å²) in [6.45, 7) is 10.4. The molecular formula is C24H33N5O2S+2. The minimum absolute atomic E-state index is 0.0169. The lowest BCUT2D eigenvalue weighted by Crippen LogP contribution is -3.26. The van der Waals surface area contributed by atoms with Crippen LogP contribution in [0.4, 0.5) is 0 Å². The van der Waals surface area contributed by atoms with E-state index in [2.05, 4.69) is 41.5 Å². The van der Waals surface area contributed by atoms with E-state index in [4.69, 9.17) is 12.2 Å². The summed E-state index contributed by atoms with van der Waals surface area (Å²) < 4.78 is 2.40. The largest absolute Gasteiger partial charge is 0.508 e. The molecule has 1 saturated heterocycles. The Morgan fingerprint density at radius 3 is 2.50 bits per heavy atom. The highest BCUT2D eigenvalue weighted by Crippen LogP contribution is 2.37. The molecule has 7 nitrogen and oxygen atoms in total. The number of aromatic nitrogens is 3. The van der Waals surface area contributed by atoms with Crippen LogP contribution in [-0.4, -0.2) is 58.2 Å². The number of benzene rings is 2. The quantitative estimate of drug-likeness (QED) is 0.361. The molecule has 0 bridgehead atoms. The molecule has 0 amide bonds. The Hall–Kier alpha value is -2.68. The van der Waals surface area contributed by atoms with E-state index in [0.717, 1.165) is 17.7 Å². The number of aromatic amines is 1. The van der Waals surface area contributed by atoms with E-state index in [1.807, 2.05) is 18.4 Å². The molecule has 3 aromatic rings. The molecule has 1 aromatic heterocycles. The molecule has 1 aliphatic rings. The molecule has 2 aromatic carbocycles. The monoisotopic (exact) mass is 455 g/mol. The summed E-state index contributed by atoms with van der Waals surface area (Å²) in [5.74, 6) is 0.742. The fraction of sp³-hybridized carbons (Fsp3) is 0.417. The zero-order valence-electron chi connectivity index (χ0n) is 19.0. The minimum atomic E-state index is -0.0169. The molecule has 0 radical (unpaired) electrons. The van der Waals surface area contributed by atoms with E-state index in [-0.39, 0.29) is 17.4 Å². The van der Waals surface area contributed by atoms with Gasteiger partial charge < -0.3 is 20.0 Å². The van der Waals surface area contributed by atoms with Crippen LogP contribution < -0.4 is 9.80 Å². The molecule has 5 N–H and O–H groups in total. The van der Waals surface area contributed by atoms with E-state index < -0.39 is 0 Å². The molecule has 1 aliphatic heterocycles. The summed E-state index contributed by atoms with van der Waals surface area (Å²) >= 11 is 5.51. The normalized spacial score (nSPS) is 18.9. The third kappa shape index (κ3) is 4.87. The van der Waals surface area contributed by atoms with Gasteiger partial charge in [-0.3, -0.25) is 9.67 Å². The maximum Gasteiger partial charge on any atom is 0.195 e. The van der Waals surface area contributed by atoms with Crippen LogP contribution in [0.3, 0.4) is 0 Å². The predicted octanol–water partition coefficient (Wildman–Crippen LogP) is 1.10. The van der Waals surface area contributed by atoms with Crippen molar-refractivity contribution in [3.63, 3.8) is 0 Å². The molecule has 4 rings (SSSR count). The zero-order valence-corrected chi connectivity index (χ0v) is 19.8. The average Bonchev–Trinajstić information content (AvgIpc) is 3.10. The van der Waals surface area contributed by atoms with Crippen LogP contribution in [0.25, 0.3) is 11.4 Å². The number of nitrogens with one attached hydrogen (secondary N) is 3. The summed E-state index contributed by atoms with van der Waals surface area (Å²) in [5, 5.41) is 28.0. The smallest absolute Gasteiger partial charge is 0.195 e. The summed E-state index contributed by atoms with van der Waals surface area (Å²) in [4.78, 5) is 3.24. The maximum absolute atomic E-state index is 10.5. The lowest BCUT2D eigenvalue weighted by atomic mass is 9.98. The molecule has 0 aliphatic carbocycles. The summed E-state index contributed by atoms with van der Waals surface area (Å²) in [6.07, 6.45) is 0. The molecule has 32 heavy (non-hydrogen) atoms. The first kappa shape index (κ1) is 22.5. The highest BCUT2D eigenvalue weighted by atomic mass is 32.1. The van der Waals surface area contributed by atoms with Crippen LogP contribution in [0.15, 0.2) is 36.4 Å². The van der Waals surface area contributed by atoms with E-state index in [1.165, 1.54) is 37.8 Å². The van der Waals surface area contributed by atoms with Crippen molar-refractivity contribution in [2.45, 2.75) is 32.9 Å². The van der Waals surface area contributed by atoms with Crippen molar-refractivity contribution in [3.8, 4) is 22.9 Å². The number of aromatic hydroxyl groups is 2. The van der Waals surface area contributed by atoms with Gasteiger partial charge in [0.15, 0.2) is 10.6 Å². The van der Waals surface area contributed by atoms with Gasteiger partial charge in [-0.15, -0.1) is 0 Å². The van der Waals surface area contributed by atoms with Crippen molar-refractivity contribution in [2.75, 3.05) is 33.2 Å². The van der Waals surface area contributed by atoms with E-state index in [1.54, 1.807) is 15.9 Å². The Balaban J connectivity index is 1.60. The van der Waals surface area contributed by atoms with Crippen molar-refractivity contribution in [2.24, 2.45) is 0 Å². The number of rotatable bonds is 6. The van der Waals surface area contributed by atoms with Gasteiger partial charge in [-0.25, -0.2) is 0 Å². The molecule has 0 saturated carbocycles. The molecule has 170 valence electrons. The Morgan fingerprint density at radius 2 is 1.78 bits per heavy atom. The van der Waals surface area contributed by atoms with E-state index in [0.29, 0.717) is 22.7 Å². The fourth-order valence-corrected chi connectivity index (χ4v) is 4.62. The number of hydrogen-bond donors (Lipinski definition) is 5. The van der Waals surface area contributed by atoms with Gasteiger partial charge in [0, 0.05) is 11.6 Å². The van der Waals surface area contributed by atoms with Crippen LogP contribution in [-0.2, 0) is 13.1 Å². The van der Waals surface area contributed by atoms with Crippen molar-refractivity contribution in [1.29, 1.82) is 0 Å². The summed E-state index contributed by atoms with van der Waals surface area (Å²) in [5.41, 5.74) is 3.78. The number of nitrogens with zero attached hydrogens (tertiary/aromatic N) is 2. The highest BCUT2D eigenvalue weighted by Gasteiger charge is 2.21. The predicted molar refractivity (Wildman–Crippen MR) is 127 cm³/mol. The summed E-state index contributed by atoms with van der Waals surface area (Å²) in [6, 6.07) is 11.8. The number of likely N-dealkylation sites (N-methyl/N-ethyl adjacent to an activating group) is 1. The van der Waals surface area contributed by atoms with Crippen LogP contribution in [0, 0.1) is 4.77 Å². The van der Waals surface area contributed by atoms with Crippen LogP contribution in [0.2, 0.25) is 0 Å². The number of piperazine rings is 1. The molecule has 0 unspecified atom stereocenters. The Morgan fingerprint density at radius 1 is 1.06 bits per heavy atom. The number of phenolic OH excluding ortho intramolecular Hbond substituents is 2. The van der Waals surface area contributed by atoms with Crippen molar-refractivity contribution in [1.82, 2.24) is 14.8 Å². The molecule has 0 atom stereocenters. The molecule has 0 spiro atoms. The van der Waals surface area contributed by atoms with Crippen molar-refractivity contribution in [3.05, 3.63) is 57.9 Å². The molecule has 8 heteroatoms. The van der Waals surface area contributed by atoms with Gasteiger partial charge in [-0.1, -0.05) is 32.0 Å². The zero-order chi connectivity index (χ0) is 22.8. The lowest BCUT2D eigenvalue weighted by Gasteiger charge is -2.27. The highest BCUT2D eigenvalue weighted by molar-refractivity contribution is 7.71. The number of hydrogen-bond acceptors (Lipinski definition) is 4.